The van der Waals surface area contributed by atoms with E-state index in [1.807, 2.05) is 6.92 Å². The highest BCUT2D eigenvalue weighted by molar-refractivity contribution is 6.06. The van der Waals surface area contributed by atoms with Gasteiger partial charge in [0.25, 0.3) is 5.91 Å². The van der Waals surface area contributed by atoms with Crippen LogP contribution in [-0.4, -0.2) is 23.5 Å². The smallest absolute Gasteiger partial charge is 0.259 e. The molecule has 2 amide bonds. The van der Waals surface area contributed by atoms with E-state index in [4.69, 9.17) is 4.74 Å². The minimum Gasteiger partial charge on any atom is -0.456 e. The third-order valence-corrected chi connectivity index (χ3v) is 5.78. The Morgan fingerprint density at radius 3 is 2.56 bits per heavy atom. The van der Waals surface area contributed by atoms with Gasteiger partial charge in [0.1, 0.15) is 23.1 Å². The average molecular weight is 466 g/mol. The van der Waals surface area contributed by atoms with E-state index >= 15 is 0 Å². The molecule has 0 radical (unpaired) electrons. The van der Waals surface area contributed by atoms with Crippen molar-refractivity contribution in [1.29, 1.82) is 0 Å². The quantitative estimate of drug-likeness (QED) is 0.487. The number of ether oxygens (including phenoxy) is 1. The Balaban J connectivity index is 1.59. The van der Waals surface area contributed by atoms with Crippen molar-refractivity contribution in [3.8, 4) is 11.5 Å². The first kappa shape index (κ1) is 23.4. The van der Waals surface area contributed by atoms with Gasteiger partial charge in [0, 0.05) is 17.8 Å². The fourth-order valence-corrected chi connectivity index (χ4v) is 3.93. The summed E-state index contributed by atoms with van der Waals surface area (Å²) in [5.41, 5.74) is 1.80. The lowest BCUT2D eigenvalue weighted by molar-refractivity contribution is -0.125. The van der Waals surface area contributed by atoms with Crippen LogP contribution >= 0.6 is 0 Å². The SMILES string of the molecule is Cc1ccc(Oc2ccc(F)cc2C)c(C(=O)Nc2ccc(F)c(C(O)C3CCNC3=O)c2)c1. The zero-order chi connectivity index (χ0) is 24.4. The molecule has 0 bridgehead atoms. The molecule has 2 unspecified atom stereocenters. The summed E-state index contributed by atoms with van der Waals surface area (Å²) < 4.78 is 33.8. The molecule has 0 aromatic heterocycles. The molecule has 1 fully saturated rings. The fourth-order valence-electron chi connectivity index (χ4n) is 3.93. The van der Waals surface area contributed by atoms with Crippen LogP contribution in [0.15, 0.2) is 54.6 Å². The number of nitrogens with one attached hydrogen (secondary N) is 2. The van der Waals surface area contributed by atoms with E-state index in [9.17, 15) is 23.5 Å². The van der Waals surface area contributed by atoms with Gasteiger partial charge in [-0.2, -0.15) is 0 Å². The normalized spacial score (nSPS) is 16.1. The number of hydrogen-bond donors (Lipinski definition) is 3. The predicted octanol–water partition coefficient (Wildman–Crippen LogP) is 4.80. The number of halogens is 2. The predicted molar refractivity (Wildman–Crippen MR) is 123 cm³/mol. The molecule has 1 saturated heterocycles. The topological polar surface area (TPSA) is 87.7 Å². The van der Waals surface area contributed by atoms with E-state index < -0.39 is 29.6 Å². The van der Waals surface area contributed by atoms with E-state index in [0.29, 0.717) is 24.3 Å². The van der Waals surface area contributed by atoms with Crippen LogP contribution in [0.3, 0.4) is 0 Å². The van der Waals surface area contributed by atoms with Crippen LogP contribution in [0.4, 0.5) is 14.5 Å². The van der Waals surface area contributed by atoms with Crippen LogP contribution in [0.2, 0.25) is 0 Å². The lowest BCUT2D eigenvalue weighted by Crippen LogP contribution is -2.24. The molecule has 0 aliphatic carbocycles. The maximum atomic E-state index is 14.4. The second-order valence-corrected chi connectivity index (χ2v) is 8.33. The standard InChI is InChI=1S/C26H24F2N2O4/c1-14-3-7-23(34-22-8-4-16(27)12-15(22)2)20(11-14)26(33)30-17-5-6-21(28)19(13-17)24(31)18-9-10-29-25(18)32/h3-8,11-13,18,24,31H,9-10H2,1-2H3,(H,29,32)(H,30,33). The largest absolute Gasteiger partial charge is 0.456 e. The molecule has 3 aromatic rings. The number of rotatable bonds is 6. The van der Waals surface area contributed by atoms with Crippen LogP contribution in [0, 0.1) is 31.4 Å². The molecule has 0 saturated carbocycles. The van der Waals surface area contributed by atoms with Gasteiger partial charge in [-0.15, -0.1) is 0 Å². The number of amides is 2. The van der Waals surface area contributed by atoms with Crippen molar-refractivity contribution in [3.63, 3.8) is 0 Å². The Kier molecular flexibility index (Phi) is 6.61. The van der Waals surface area contributed by atoms with Gasteiger partial charge < -0.3 is 20.5 Å². The van der Waals surface area contributed by atoms with Gasteiger partial charge in [-0.1, -0.05) is 11.6 Å². The highest BCUT2D eigenvalue weighted by Crippen LogP contribution is 2.32. The summed E-state index contributed by atoms with van der Waals surface area (Å²) in [4.78, 5) is 25.0. The minimum atomic E-state index is -1.33. The van der Waals surface area contributed by atoms with Crippen LogP contribution in [0.5, 0.6) is 11.5 Å². The molecule has 1 aliphatic rings. The van der Waals surface area contributed by atoms with Crippen molar-refractivity contribution >= 4 is 17.5 Å². The van der Waals surface area contributed by atoms with Gasteiger partial charge >= 0.3 is 0 Å². The summed E-state index contributed by atoms with van der Waals surface area (Å²) in [5.74, 6) is -1.99. The first-order chi connectivity index (χ1) is 16.2. The fraction of sp³-hybridized carbons (Fsp3) is 0.231. The minimum absolute atomic E-state index is 0.0671. The highest BCUT2D eigenvalue weighted by atomic mass is 19.1. The third-order valence-electron chi connectivity index (χ3n) is 5.78. The van der Waals surface area contributed by atoms with Crippen LogP contribution in [0.1, 0.15) is 39.6 Å². The molecule has 34 heavy (non-hydrogen) atoms. The molecular formula is C26H24F2N2O4. The van der Waals surface area contributed by atoms with E-state index in [2.05, 4.69) is 10.6 Å². The summed E-state index contributed by atoms with van der Waals surface area (Å²) in [5, 5.41) is 15.9. The van der Waals surface area contributed by atoms with Crippen LogP contribution in [0.25, 0.3) is 0 Å². The second-order valence-electron chi connectivity index (χ2n) is 8.33. The Labute approximate surface area is 195 Å². The summed E-state index contributed by atoms with van der Waals surface area (Å²) >= 11 is 0. The number of hydrogen-bond acceptors (Lipinski definition) is 4. The van der Waals surface area contributed by atoms with Crippen LogP contribution < -0.4 is 15.4 Å². The number of carbonyl (C=O) groups is 2. The zero-order valence-electron chi connectivity index (χ0n) is 18.7. The van der Waals surface area contributed by atoms with Crippen molar-refractivity contribution in [1.82, 2.24) is 5.32 Å². The summed E-state index contributed by atoms with van der Waals surface area (Å²) in [6.45, 7) is 3.94. The maximum Gasteiger partial charge on any atom is 0.259 e. The number of benzene rings is 3. The number of carbonyl (C=O) groups excluding carboxylic acids is 2. The summed E-state index contributed by atoms with van der Waals surface area (Å²) in [6, 6.07) is 13.0. The van der Waals surface area contributed by atoms with Gasteiger partial charge in [-0.05, 0) is 74.4 Å². The van der Waals surface area contributed by atoms with Gasteiger partial charge in [-0.25, -0.2) is 8.78 Å². The van der Waals surface area contributed by atoms with Gasteiger partial charge in [0.2, 0.25) is 5.91 Å². The molecule has 176 valence electrons. The van der Waals surface area contributed by atoms with Gasteiger partial charge in [0.05, 0.1) is 17.6 Å². The molecular weight excluding hydrogens is 442 g/mol. The van der Waals surface area contributed by atoms with E-state index in [0.717, 1.165) is 11.6 Å². The highest BCUT2D eigenvalue weighted by Gasteiger charge is 2.33. The molecule has 8 heteroatoms. The van der Waals surface area contributed by atoms with Crippen molar-refractivity contribution in [3.05, 3.63) is 88.5 Å². The monoisotopic (exact) mass is 466 g/mol. The molecule has 6 nitrogen and oxygen atoms in total. The molecule has 2 atom stereocenters. The summed E-state index contributed by atoms with van der Waals surface area (Å²) in [7, 11) is 0. The molecule has 0 spiro atoms. The third kappa shape index (κ3) is 4.92. The Hall–Kier alpha value is -3.78. The molecule has 1 aliphatic heterocycles. The van der Waals surface area contributed by atoms with E-state index in [1.54, 1.807) is 25.1 Å². The van der Waals surface area contributed by atoms with Crippen molar-refractivity contribution in [2.45, 2.75) is 26.4 Å². The van der Waals surface area contributed by atoms with Crippen LogP contribution in [-0.2, 0) is 4.79 Å². The number of anilines is 1. The Bertz CT molecular complexity index is 1260. The van der Waals surface area contributed by atoms with Crippen molar-refractivity contribution in [2.24, 2.45) is 5.92 Å². The first-order valence-corrected chi connectivity index (χ1v) is 10.8. The zero-order valence-corrected chi connectivity index (χ0v) is 18.7. The van der Waals surface area contributed by atoms with Crippen molar-refractivity contribution < 1.29 is 28.2 Å². The first-order valence-electron chi connectivity index (χ1n) is 10.8. The Morgan fingerprint density at radius 1 is 1.09 bits per heavy atom. The second kappa shape index (κ2) is 9.61. The lowest BCUT2D eigenvalue weighted by atomic mass is 9.94. The molecule has 3 N–H and O–H groups in total. The lowest BCUT2D eigenvalue weighted by Gasteiger charge is -2.18. The van der Waals surface area contributed by atoms with Gasteiger partial charge in [-0.3, -0.25) is 9.59 Å². The number of aliphatic hydroxyl groups is 1. The summed E-state index contributed by atoms with van der Waals surface area (Å²) in [6.07, 6.45) is -0.943. The number of aryl methyl sites for hydroxylation is 2. The van der Waals surface area contributed by atoms with Gasteiger partial charge in [0.15, 0.2) is 0 Å². The number of aliphatic hydroxyl groups excluding tert-OH is 1. The van der Waals surface area contributed by atoms with E-state index in [1.165, 1.54) is 30.3 Å². The molecule has 4 rings (SSSR count). The average Bonchev–Trinajstić information content (AvgIpc) is 3.23. The molecule has 1 heterocycles. The van der Waals surface area contributed by atoms with E-state index in [-0.39, 0.29) is 28.5 Å². The maximum absolute atomic E-state index is 14.4. The van der Waals surface area contributed by atoms with Crippen molar-refractivity contribution in [2.75, 3.05) is 11.9 Å². The Morgan fingerprint density at radius 2 is 1.85 bits per heavy atom. The molecule has 3 aromatic carbocycles.